The standard InChI is InChI=1S/C21H28N4O5S2/c1-11(2)14-7-13(9-22)8-15(12(3)4)17(14)24-20(27)25-32(29,30)18-16(10-26)23-19(31-18)21(5,6)28/h7-8,11-12,26,28H,10H2,1-6H3,(H2,24,25,27). The summed E-state index contributed by atoms with van der Waals surface area (Å²) >= 11 is 0.680. The van der Waals surface area contributed by atoms with Gasteiger partial charge in [0.1, 0.15) is 10.6 Å². The van der Waals surface area contributed by atoms with Gasteiger partial charge in [0, 0.05) is 5.69 Å². The molecule has 0 radical (unpaired) electrons. The highest BCUT2D eigenvalue weighted by atomic mass is 32.2. The van der Waals surface area contributed by atoms with Crippen molar-refractivity contribution in [2.75, 3.05) is 5.32 Å². The van der Waals surface area contributed by atoms with Crippen molar-refractivity contribution in [2.45, 2.75) is 69.8 Å². The highest BCUT2D eigenvalue weighted by Gasteiger charge is 2.30. The minimum absolute atomic E-state index is 0.0375. The monoisotopic (exact) mass is 480 g/mol. The van der Waals surface area contributed by atoms with Gasteiger partial charge in [-0.05, 0) is 48.9 Å². The second-order valence-electron chi connectivity index (χ2n) is 8.48. The van der Waals surface area contributed by atoms with Crippen molar-refractivity contribution < 1.29 is 23.4 Å². The van der Waals surface area contributed by atoms with E-state index in [1.165, 1.54) is 13.8 Å². The minimum Gasteiger partial charge on any atom is -0.390 e. The van der Waals surface area contributed by atoms with Gasteiger partial charge in [0.25, 0.3) is 10.0 Å². The summed E-state index contributed by atoms with van der Waals surface area (Å²) in [5.74, 6) is -0.0749. The van der Waals surface area contributed by atoms with Crippen molar-refractivity contribution in [3.05, 3.63) is 39.5 Å². The molecular formula is C21H28N4O5S2. The SMILES string of the molecule is CC(C)c1cc(C#N)cc(C(C)C)c1NC(=O)NS(=O)(=O)c1sc(C(C)(C)O)nc1CO. The van der Waals surface area contributed by atoms with E-state index in [-0.39, 0.29) is 26.7 Å². The van der Waals surface area contributed by atoms with Crippen LogP contribution >= 0.6 is 11.3 Å². The predicted molar refractivity (Wildman–Crippen MR) is 122 cm³/mol. The van der Waals surface area contributed by atoms with Crippen LogP contribution in [0.4, 0.5) is 10.5 Å². The summed E-state index contributed by atoms with van der Waals surface area (Å²) in [6.45, 7) is 9.83. The Morgan fingerprint density at radius 2 is 1.75 bits per heavy atom. The van der Waals surface area contributed by atoms with Crippen LogP contribution in [0.2, 0.25) is 0 Å². The largest absolute Gasteiger partial charge is 0.390 e. The molecule has 0 saturated carbocycles. The van der Waals surface area contributed by atoms with Gasteiger partial charge in [-0.1, -0.05) is 27.7 Å². The first-order valence-corrected chi connectivity index (χ1v) is 12.3. The van der Waals surface area contributed by atoms with Crippen LogP contribution in [0.15, 0.2) is 16.3 Å². The molecule has 1 aromatic carbocycles. The number of nitriles is 1. The van der Waals surface area contributed by atoms with Crippen molar-refractivity contribution in [3.8, 4) is 6.07 Å². The highest BCUT2D eigenvalue weighted by Crippen LogP contribution is 2.34. The summed E-state index contributed by atoms with van der Waals surface area (Å²) in [7, 11) is -4.37. The van der Waals surface area contributed by atoms with Crippen molar-refractivity contribution in [3.63, 3.8) is 0 Å². The molecule has 11 heteroatoms. The van der Waals surface area contributed by atoms with Gasteiger partial charge in [-0.25, -0.2) is 22.9 Å². The van der Waals surface area contributed by atoms with E-state index in [2.05, 4.69) is 16.4 Å². The first-order chi connectivity index (χ1) is 14.7. The molecule has 0 unspecified atom stereocenters. The maximum absolute atomic E-state index is 12.9. The number of thiazole rings is 1. The van der Waals surface area contributed by atoms with Gasteiger partial charge in [-0.15, -0.1) is 11.3 Å². The molecule has 0 saturated heterocycles. The van der Waals surface area contributed by atoms with Crippen LogP contribution in [0.5, 0.6) is 0 Å². The molecule has 32 heavy (non-hydrogen) atoms. The van der Waals surface area contributed by atoms with E-state index < -0.39 is 28.3 Å². The number of urea groups is 1. The van der Waals surface area contributed by atoms with Crippen LogP contribution in [-0.2, 0) is 22.2 Å². The Bertz CT molecular complexity index is 1130. The van der Waals surface area contributed by atoms with Crippen LogP contribution < -0.4 is 10.0 Å². The second kappa shape index (κ2) is 9.54. The number of amides is 2. The van der Waals surface area contributed by atoms with E-state index in [9.17, 15) is 28.7 Å². The molecule has 2 amide bonds. The maximum Gasteiger partial charge on any atom is 0.333 e. The van der Waals surface area contributed by atoms with E-state index in [0.717, 1.165) is 0 Å². The average Bonchev–Trinajstić information content (AvgIpc) is 3.13. The number of nitrogens with zero attached hydrogens (tertiary/aromatic N) is 2. The van der Waals surface area contributed by atoms with E-state index >= 15 is 0 Å². The fourth-order valence-corrected chi connectivity index (χ4v) is 5.44. The maximum atomic E-state index is 12.9. The smallest absolute Gasteiger partial charge is 0.333 e. The number of aliphatic hydroxyl groups is 2. The summed E-state index contributed by atoms with van der Waals surface area (Å²) in [6, 6.07) is 4.47. The summed E-state index contributed by atoms with van der Waals surface area (Å²) in [6.07, 6.45) is 0. The first-order valence-electron chi connectivity index (χ1n) is 9.96. The summed E-state index contributed by atoms with van der Waals surface area (Å²) in [5.41, 5.74) is 0.747. The van der Waals surface area contributed by atoms with Gasteiger partial charge < -0.3 is 15.5 Å². The molecule has 0 aliphatic rings. The van der Waals surface area contributed by atoms with Gasteiger partial charge in [0.05, 0.1) is 23.9 Å². The van der Waals surface area contributed by atoms with Crippen LogP contribution in [0.3, 0.4) is 0 Å². The molecule has 0 bridgehead atoms. The second-order valence-corrected chi connectivity index (χ2v) is 11.4. The molecule has 0 aliphatic heterocycles. The third-order valence-electron chi connectivity index (χ3n) is 4.62. The molecule has 174 valence electrons. The number of carbonyl (C=O) groups is 1. The average molecular weight is 481 g/mol. The molecule has 0 atom stereocenters. The van der Waals surface area contributed by atoms with E-state index in [1.807, 2.05) is 32.4 Å². The fraction of sp³-hybridized carbons (Fsp3) is 0.476. The topological polar surface area (TPSA) is 152 Å². The molecule has 1 aromatic heterocycles. The number of hydrogen-bond donors (Lipinski definition) is 4. The minimum atomic E-state index is -4.37. The van der Waals surface area contributed by atoms with Crippen LogP contribution in [-0.4, -0.2) is 29.6 Å². The molecule has 0 aliphatic carbocycles. The Labute approximate surface area is 192 Å². The Hall–Kier alpha value is -2.52. The van der Waals surface area contributed by atoms with E-state index in [0.29, 0.717) is 33.7 Å². The van der Waals surface area contributed by atoms with Crippen LogP contribution in [0, 0.1) is 11.3 Å². The highest BCUT2D eigenvalue weighted by molar-refractivity contribution is 7.92. The number of carbonyl (C=O) groups excluding carboxylic acids is 1. The summed E-state index contributed by atoms with van der Waals surface area (Å²) in [4.78, 5) is 16.7. The first kappa shape index (κ1) is 25.7. The number of aromatic nitrogens is 1. The zero-order valence-corrected chi connectivity index (χ0v) is 20.5. The van der Waals surface area contributed by atoms with Crippen molar-refractivity contribution in [1.82, 2.24) is 9.71 Å². The quantitative estimate of drug-likeness (QED) is 0.473. The summed E-state index contributed by atoms with van der Waals surface area (Å²) in [5, 5.41) is 31.7. The number of hydrogen-bond acceptors (Lipinski definition) is 8. The molecule has 2 aromatic rings. The number of sulfonamides is 1. The molecule has 2 rings (SSSR count). The Balaban J connectivity index is 2.43. The lowest BCUT2D eigenvalue weighted by Crippen LogP contribution is -2.35. The zero-order valence-electron chi connectivity index (χ0n) is 18.8. The normalized spacial score (nSPS) is 12.2. The van der Waals surface area contributed by atoms with Gasteiger partial charge in [0.15, 0.2) is 4.21 Å². The molecule has 4 N–H and O–H groups in total. The van der Waals surface area contributed by atoms with Gasteiger partial charge in [-0.3, -0.25) is 0 Å². The van der Waals surface area contributed by atoms with Crippen LogP contribution in [0.1, 0.15) is 80.8 Å². The molecule has 0 fully saturated rings. The predicted octanol–water partition coefficient (Wildman–Crippen LogP) is 3.49. The van der Waals surface area contributed by atoms with Gasteiger partial charge >= 0.3 is 6.03 Å². The van der Waals surface area contributed by atoms with Gasteiger partial charge in [-0.2, -0.15) is 5.26 Å². The summed E-state index contributed by atoms with van der Waals surface area (Å²) < 4.78 is 27.3. The van der Waals surface area contributed by atoms with Gasteiger partial charge in [0.2, 0.25) is 0 Å². The lowest BCUT2D eigenvalue weighted by Gasteiger charge is -2.21. The number of aliphatic hydroxyl groups excluding tert-OH is 1. The lowest BCUT2D eigenvalue weighted by molar-refractivity contribution is 0.0779. The Morgan fingerprint density at radius 1 is 1.22 bits per heavy atom. The number of nitrogens with one attached hydrogen (secondary N) is 2. The lowest BCUT2D eigenvalue weighted by atomic mass is 9.90. The van der Waals surface area contributed by atoms with Crippen molar-refractivity contribution >= 4 is 33.1 Å². The van der Waals surface area contributed by atoms with Crippen molar-refractivity contribution in [1.29, 1.82) is 5.26 Å². The molecule has 1 heterocycles. The number of rotatable bonds is 7. The Kier molecular flexibility index (Phi) is 7.67. The van der Waals surface area contributed by atoms with Crippen LogP contribution in [0.25, 0.3) is 0 Å². The Morgan fingerprint density at radius 3 is 2.16 bits per heavy atom. The van der Waals surface area contributed by atoms with E-state index in [4.69, 9.17) is 0 Å². The molecule has 9 nitrogen and oxygen atoms in total. The third kappa shape index (κ3) is 5.63. The van der Waals surface area contributed by atoms with Crippen molar-refractivity contribution in [2.24, 2.45) is 0 Å². The molecular weight excluding hydrogens is 452 g/mol. The fourth-order valence-electron chi connectivity index (χ4n) is 3.02. The molecule has 0 spiro atoms. The number of benzene rings is 1. The number of anilines is 1. The third-order valence-corrected chi connectivity index (χ3v) is 7.91. The zero-order chi connectivity index (χ0) is 24.4. The van der Waals surface area contributed by atoms with E-state index in [1.54, 1.807) is 12.1 Å².